The summed E-state index contributed by atoms with van der Waals surface area (Å²) in [7, 11) is 1.76. The summed E-state index contributed by atoms with van der Waals surface area (Å²) in [6.45, 7) is 9.46. The summed E-state index contributed by atoms with van der Waals surface area (Å²) >= 11 is 0. The zero-order valence-corrected chi connectivity index (χ0v) is 19.3. The predicted octanol–water partition coefficient (Wildman–Crippen LogP) is 4.04. The Morgan fingerprint density at radius 3 is 2.39 bits per heavy atom. The van der Waals surface area contributed by atoms with E-state index in [-0.39, 0.29) is 42.7 Å². The first-order valence-electron chi connectivity index (χ1n) is 10.9. The maximum Gasteiger partial charge on any atom is 0.355 e. The molecule has 0 bridgehead atoms. The molecular weight excluding hydrogens is 392 g/mol. The molecule has 1 fully saturated rings. The zero-order valence-electron chi connectivity index (χ0n) is 19.3. The van der Waals surface area contributed by atoms with Crippen molar-refractivity contribution in [1.82, 2.24) is 9.47 Å². The van der Waals surface area contributed by atoms with Gasteiger partial charge in [-0.15, -0.1) is 0 Å². The van der Waals surface area contributed by atoms with Gasteiger partial charge in [0, 0.05) is 30.3 Å². The van der Waals surface area contributed by atoms with Crippen molar-refractivity contribution in [2.24, 2.45) is 13.0 Å². The lowest BCUT2D eigenvalue weighted by molar-refractivity contribution is -0.133. The number of amides is 1. The van der Waals surface area contributed by atoms with Crippen LogP contribution in [0.3, 0.4) is 0 Å². The summed E-state index contributed by atoms with van der Waals surface area (Å²) in [5, 5.41) is 0. The van der Waals surface area contributed by atoms with Crippen molar-refractivity contribution >= 4 is 17.7 Å². The predicted molar refractivity (Wildman–Crippen MR) is 119 cm³/mol. The first kappa shape index (κ1) is 22.8. The topological polar surface area (TPSA) is 68.6 Å². The van der Waals surface area contributed by atoms with Gasteiger partial charge in [-0.05, 0) is 58.1 Å². The Kier molecular flexibility index (Phi) is 6.68. The third-order valence-electron chi connectivity index (χ3n) is 6.23. The fourth-order valence-electron chi connectivity index (χ4n) is 4.38. The molecule has 2 atom stereocenters. The van der Waals surface area contributed by atoms with Crippen LogP contribution in [0, 0.1) is 19.8 Å². The molecule has 1 aromatic heterocycles. The van der Waals surface area contributed by atoms with Crippen molar-refractivity contribution in [1.29, 1.82) is 0 Å². The van der Waals surface area contributed by atoms with E-state index >= 15 is 0 Å². The molecule has 1 aliphatic carbocycles. The van der Waals surface area contributed by atoms with Gasteiger partial charge in [0.2, 0.25) is 5.91 Å². The quantitative estimate of drug-likeness (QED) is 0.474. The molecule has 6 heteroatoms. The van der Waals surface area contributed by atoms with E-state index in [4.69, 9.17) is 4.74 Å². The molecule has 3 rings (SSSR count). The Hall–Kier alpha value is -2.89. The van der Waals surface area contributed by atoms with E-state index in [0.717, 1.165) is 6.42 Å². The molecule has 1 unspecified atom stereocenters. The number of ether oxygens (including phenoxy) is 1. The largest absolute Gasteiger partial charge is 0.461 e. The zero-order chi connectivity index (χ0) is 22.9. The lowest BCUT2D eigenvalue weighted by Crippen LogP contribution is -2.42. The molecule has 1 heterocycles. The monoisotopic (exact) mass is 424 g/mol. The second kappa shape index (κ2) is 9.08. The molecule has 0 N–H and O–H groups in total. The Bertz CT molecular complexity index is 991. The third kappa shape index (κ3) is 4.43. The van der Waals surface area contributed by atoms with E-state index < -0.39 is 5.97 Å². The molecule has 0 spiro atoms. The molecule has 0 radical (unpaired) electrons. The van der Waals surface area contributed by atoms with E-state index in [0.29, 0.717) is 22.5 Å². The molecule has 31 heavy (non-hydrogen) atoms. The number of carbonyl (C=O) groups is 3. The van der Waals surface area contributed by atoms with Crippen molar-refractivity contribution in [2.75, 3.05) is 13.2 Å². The average molecular weight is 425 g/mol. The van der Waals surface area contributed by atoms with Crippen LogP contribution in [0.1, 0.15) is 70.8 Å². The van der Waals surface area contributed by atoms with Crippen molar-refractivity contribution < 1.29 is 19.1 Å². The maximum absolute atomic E-state index is 13.3. The number of carbonyl (C=O) groups excluding carboxylic acids is 3. The summed E-state index contributed by atoms with van der Waals surface area (Å²) in [5.74, 6) is -0.425. The number of aromatic nitrogens is 1. The summed E-state index contributed by atoms with van der Waals surface area (Å²) in [5.41, 5.74) is 3.36. The van der Waals surface area contributed by atoms with E-state index in [2.05, 4.69) is 12.1 Å². The van der Waals surface area contributed by atoms with E-state index in [9.17, 15) is 14.4 Å². The Balaban J connectivity index is 1.80. The second-order valence-electron chi connectivity index (χ2n) is 8.56. The van der Waals surface area contributed by atoms with Gasteiger partial charge in [0.25, 0.3) is 0 Å². The fourth-order valence-corrected chi connectivity index (χ4v) is 4.38. The van der Waals surface area contributed by atoms with Crippen molar-refractivity contribution in [2.45, 2.75) is 53.0 Å². The highest BCUT2D eigenvalue weighted by Gasteiger charge is 2.46. The highest BCUT2D eigenvalue weighted by Crippen LogP contribution is 2.48. The van der Waals surface area contributed by atoms with Gasteiger partial charge in [0.15, 0.2) is 5.78 Å². The van der Waals surface area contributed by atoms with Crippen molar-refractivity contribution in [3.8, 4) is 0 Å². The van der Waals surface area contributed by atoms with E-state index in [1.54, 1.807) is 30.4 Å². The number of ketones is 1. The van der Waals surface area contributed by atoms with Gasteiger partial charge in [-0.1, -0.05) is 30.3 Å². The van der Waals surface area contributed by atoms with Crippen LogP contribution >= 0.6 is 0 Å². The van der Waals surface area contributed by atoms with Crippen molar-refractivity contribution in [3.05, 3.63) is 58.4 Å². The molecule has 1 amide bonds. The molecule has 1 aromatic carbocycles. The van der Waals surface area contributed by atoms with Crippen LogP contribution in [0.15, 0.2) is 30.3 Å². The van der Waals surface area contributed by atoms with Crippen molar-refractivity contribution in [3.63, 3.8) is 0 Å². The molecule has 6 nitrogen and oxygen atoms in total. The summed E-state index contributed by atoms with van der Waals surface area (Å²) in [4.78, 5) is 40.5. The van der Waals surface area contributed by atoms with Crippen LogP contribution in [0.2, 0.25) is 0 Å². The molecule has 0 aliphatic heterocycles. The molecule has 1 aliphatic rings. The smallest absolute Gasteiger partial charge is 0.355 e. The average Bonchev–Trinajstić information content (AvgIpc) is 3.49. The molecule has 0 saturated heterocycles. The van der Waals surface area contributed by atoms with E-state index in [1.165, 1.54) is 5.56 Å². The van der Waals surface area contributed by atoms with Gasteiger partial charge in [-0.25, -0.2) is 4.79 Å². The van der Waals surface area contributed by atoms with Crippen LogP contribution < -0.4 is 0 Å². The van der Waals surface area contributed by atoms with Gasteiger partial charge in [-0.3, -0.25) is 9.59 Å². The Morgan fingerprint density at radius 2 is 1.81 bits per heavy atom. The minimum absolute atomic E-state index is 0.00245. The first-order valence-corrected chi connectivity index (χ1v) is 10.9. The minimum Gasteiger partial charge on any atom is -0.461 e. The number of benzene rings is 1. The maximum atomic E-state index is 13.3. The van der Waals surface area contributed by atoms with Gasteiger partial charge < -0.3 is 14.2 Å². The molecular formula is C25H32N2O4. The molecule has 2 aromatic rings. The lowest BCUT2D eigenvalue weighted by atomic mass is 10.0. The van der Waals surface area contributed by atoms with Gasteiger partial charge in [0.05, 0.1) is 13.2 Å². The van der Waals surface area contributed by atoms with Crippen LogP contribution in [-0.2, 0) is 16.6 Å². The summed E-state index contributed by atoms with van der Waals surface area (Å²) < 4.78 is 6.86. The number of hydrogen-bond donors (Lipinski definition) is 0. The number of nitrogens with zero attached hydrogens (tertiary/aromatic N) is 2. The van der Waals surface area contributed by atoms with E-state index in [1.807, 2.05) is 39.0 Å². The van der Waals surface area contributed by atoms with Crippen LogP contribution in [0.5, 0.6) is 0 Å². The molecule has 1 saturated carbocycles. The van der Waals surface area contributed by atoms with Crippen LogP contribution in [0.4, 0.5) is 0 Å². The standard InChI is InChI=1S/C25H32N2O4/c1-7-31-25(30)23-16(4)22(17(5)26(23)6)21(28)14-27(15(2)3)24(29)20-13-19(20)18-11-9-8-10-12-18/h8-12,15,19-20H,7,13-14H2,1-6H3/t19-,20?/m0/s1. The van der Waals surface area contributed by atoms with Crippen LogP contribution in [-0.4, -0.2) is 46.3 Å². The molecule has 166 valence electrons. The lowest BCUT2D eigenvalue weighted by Gasteiger charge is -2.26. The SMILES string of the molecule is CCOC(=O)c1c(C)c(C(=O)CN(C(=O)C2C[C@H]2c2ccccc2)C(C)C)c(C)n1C. The summed E-state index contributed by atoms with van der Waals surface area (Å²) in [6.07, 6.45) is 0.816. The first-order chi connectivity index (χ1) is 14.7. The number of Topliss-reactive ketones (excluding diaryl/α,β-unsaturated/α-hetero) is 1. The highest BCUT2D eigenvalue weighted by atomic mass is 16.5. The number of hydrogen-bond acceptors (Lipinski definition) is 4. The Labute approximate surface area is 184 Å². The normalized spacial score (nSPS) is 17.5. The minimum atomic E-state index is -0.440. The number of rotatable bonds is 8. The summed E-state index contributed by atoms with van der Waals surface area (Å²) in [6, 6.07) is 9.95. The Morgan fingerprint density at radius 1 is 1.16 bits per heavy atom. The fraction of sp³-hybridized carbons (Fsp3) is 0.480. The second-order valence-corrected chi connectivity index (χ2v) is 8.56. The highest BCUT2D eigenvalue weighted by molar-refractivity contribution is 6.05. The number of esters is 1. The van der Waals surface area contributed by atoms with Gasteiger partial charge in [0.1, 0.15) is 5.69 Å². The van der Waals surface area contributed by atoms with Gasteiger partial charge in [-0.2, -0.15) is 0 Å². The third-order valence-corrected chi connectivity index (χ3v) is 6.23. The van der Waals surface area contributed by atoms with Gasteiger partial charge >= 0.3 is 5.97 Å². The van der Waals surface area contributed by atoms with Crippen LogP contribution in [0.25, 0.3) is 0 Å².